The van der Waals surface area contributed by atoms with Crippen LogP contribution in [0.15, 0.2) is 0 Å². The minimum atomic E-state index is -2.06. The quantitative estimate of drug-likeness (QED) is 0.444. The van der Waals surface area contributed by atoms with Gasteiger partial charge in [-0.2, -0.15) is 0 Å². The lowest BCUT2D eigenvalue weighted by Gasteiger charge is -2.21. The SMILES string of the molecule is CO[Si](C)(CNC=O)OC. The second kappa shape index (κ2) is 4.43. The highest BCUT2D eigenvalue weighted by molar-refractivity contribution is 6.66. The first-order valence-corrected chi connectivity index (χ1v) is 5.48. The van der Waals surface area contributed by atoms with E-state index in [4.69, 9.17) is 8.85 Å². The molecule has 60 valence electrons. The van der Waals surface area contributed by atoms with E-state index >= 15 is 0 Å². The standard InChI is InChI=1S/C5H13NO3Si/c1-8-10(3,9-2)5-6-4-7/h4H,5H2,1-3H3,(H,6,7). The first-order valence-electron chi connectivity index (χ1n) is 2.96. The summed E-state index contributed by atoms with van der Waals surface area (Å²) in [6.07, 6.45) is 1.13. The molecule has 10 heavy (non-hydrogen) atoms. The van der Waals surface area contributed by atoms with Gasteiger partial charge in [0.05, 0.1) is 6.17 Å². The Bertz CT molecular complexity index is 105. The first kappa shape index (κ1) is 9.61. The van der Waals surface area contributed by atoms with Crippen LogP contribution < -0.4 is 5.32 Å². The van der Waals surface area contributed by atoms with E-state index in [2.05, 4.69) is 5.32 Å². The molecule has 0 aliphatic carbocycles. The van der Waals surface area contributed by atoms with Crippen molar-refractivity contribution in [3.05, 3.63) is 0 Å². The fraction of sp³-hybridized carbons (Fsp3) is 0.800. The topological polar surface area (TPSA) is 47.6 Å². The van der Waals surface area contributed by atoms with Crippen molar-refractivity contribution in [1.82, 2.24) is 5.32 Å². The van der Waals surface area contributed by atoms with E-state index in [1.54, 1.807) is 14.2 Å². The summed E-state index contributed by atoms with van der Waals surface area (Å²) in [5.74, 6) is 0. The predicted molar refractivity (Wildman–Crippen MR) is 39.7 cm³/mol. The molecule has 0 aliphatic heterocycles. The van der Waals surface area contributed by atoms with Gasteiger partial charge in [-0.25, -0.2) is 0 Å². The van der Waals surface area contributed by atoms with Crippen molar-refractivity contribution in [3.63, 3.8) is 0 Å². The number of hydrogen-bond donors (Lipinski definition) is 1. The Morgan fingerprint density at radius 3 is 2.30 bits per heavy atom. The van der Waals surface area contributed by atoms with Crippen LogP contribution in [0.2, 0.25) is 6.55 Å². The van der Waals surface area contributed by atoms with Crippen LogP contribution in [0.1, 0.15) is 0 Å². The molecule has 0 spiro atoms. The Morgan fingerprint density at radius 2 is 2.00 bits per heavy atom. The van der Waals surface area contributed by atoms with Crippen LogP contribution in [-0.4, -0.2) is 35.4 Å². The highest BCUT2D eigenvalue weighted by atomic mass is 28.4. The zero-order chi connectivity index (χ0) is 8.04. The molecule has 0 bridgehead atoms. The highest BCUT2D eigenvalue weighted by Gasteiger charge is 2.27. The summed E-state index contributed by atoms with van der Waals surface area (Å²) in [5, 5.41) is 2.52. The van der Waals surface area contributed by atoms with E-state index < -0.39 is 8.56 Å². The van der Waals surface area contributed by atoms with Crippen LogP contribution >= 0.6 is 0 Å². The number of hydrogen-bond acceptors (Lipinski definition) is 3. The van der Waals surface area contributed by atoms with Crippen LogP contribution in [0.25, 0.3) is 0 Å². The second-order valence-corrected chi connectivity index (χ2v) is 5.48. The molecule has 0 fully saturated rings. The number of carbonyl (C=O) groups is 1. The van der Waals surface area contributed by atoms with E-state index in [0.29, 0.717) is 12.6 Å². The largest absolute Gasteiger partial charge is 0.397 e. The lowest BCUT2D eigenvalue weighted by atomic mass is 11.2. The summed E-state index contributed by atoms with van der Waals surface area (Å²) < 4.78 is 10.2. The van der Waals surface area contributed by atoms with Crippen molar-refractivity contribution in [2.75, 3.05) is 20.4 Å². The van der Waals surface area contributed by atoms with Crippen molar-refractivity contribution < 1.29 is 13.6 Å². The van der Waals surface area contributed by atoms with Crippen molar-refractivity contribution in [2.24, 2.45) is 0 Å². The van der Waals surface area contributed by atoms with Gasteiger partial charge in [0.25, 0.3) is 0 Å². The van der Waals surface area contributed by atoms with Crippen molar-refractivity contribution in [1.29, 1.82) is 0 Å². The minimum Gasteiger partial charge on any atom is -0.397 e. The number of amides is 1. The summed E-state index contributed by atoms with van der Waals surface area (Å²) >= 11 is 0. The molecule has 0 unspecified atom stereocenters. The van der Waals surface area contributed by atoms with Crippen molar-refractivity contribution in [2.45, 2.75) is 6.55 Å². The first-order chi connectivity index (χ1) is 4.68. The van der Waals surface area contributed by atoms with Gasteiger partial charge >= 0.3 is 8.56 Å². The molecular weight excluding hydrogens is 150 g/mol. The van der Waals surface area contributed by atoms with E-state index in [9.17, 15) is 4.79 Å². The third kappa shape index (κ3) is 2.95. The molecule has 1 amide bonds. The monoisotopic (exact) mass is 163 g/mol. The molecular formula is C5H13NO3Si. The molecule has 0 rings (SSSR count). The van der Waals surface area contributed by atoms with Gasteiger partial charge in [-0.1, -0.05) is 0 Å². The number of nitrogens with one attached hydrogen (secondary N) is 1. The lowest BCUT2D eigenvalue weighted by molar-refractivity contribution is -0.109. The van der Waals surface area contributed by atoms with Crippen LogP contribution in [0.4, 0.5) is 0 Å². The van der Waals surface area contributed by atoms with Gasteiger partial charge in [0.1, 0.15) is 0 Å². The Balaban J connectivity index is 3.68. The third-order valence-corrected chi connectivity index (χ3v) is 3.94. The molecule has 4 nitrogen and oxygen atoms in total. The maximum absolute atomic E-state index is 9.88. The van der Waals surface area contributed by atoms with Gasteiger partial charge < -0.3 is 14.2 Å². The Labute approximate surface area is 61.8 Å². The Morgan fingerprint density at radius 1 is 1.50 bits per heavy atom. The molecule has 0 aromatic rings. The van der Waals surface area contributed by atoms with Crippen LogP contribution in [0.3, 0.4) is 0 Å². The second-order valence-electron chi connectivity index (χ2n) is 2.04. The molecule has 0 aromatic heterocycles. The van der Waals surface area contributed by atoms with Gasteiger partial charge in [0.15, 0.2) is 0 Å². The smallest absolute Gasteiger partial charge is 0.354 e. The van der Waals surface area contributed by atoms with E-state index in [1.165, 1.54) is 0 Å². The maximum atomic E-state index is 9.88. The van der Waals surface area contributed by atoms with Gasteiger partial charge in [-0.05, 0) is 6.55 Å². The van der Waals surface area contributed by atoms with Crippen molar-refractivity contribution >= 4 is 15.0 Å². The molecule has 0 saturated heterocycles. The van der Waals surface area contributed by atoms with Crippen LogP contribution in [0.5, 0.6) is 0 Å². The summed E-state index contributed by atoms with van der Waals surface area (Å²) in [7, 11) is 1.11. The molecule has 0 aliphatic rings. The summed E-state index contributed by atoms with van der Waals surface area (Å²) in [6, 6.07) is 0. The van der Waals surface area contributed by atoms with Crippen molar-refractivity contribution in [3.8, 4) is 0 Å². The van der Waals surface area contributed by atoms with E-state index in [-0.39, 0.29) is 0 Å². The van der Waals surface area contributed by atoms with E-state index in [0.717, 1.165) is 0 Å². The Kier molecular flexibility index (Phi) is 4.25. The number of carbonyl (C=O) groups excluding carboxylic acids is 1. The fourth-order valence-electron chi connectivity index (χ4n) is 0.455. The molecule has 0 heterocycles. The molecule has 0 aromatic carbocycles. The predicted octanol–water partition coefficient (Wildman–Crippen LogP) is -0.364. The maximum Gasteiger partial charge on any atom is 0.354 e. The van der Waals surface area contributed by atoms with E-state index in [1.807, 2.05) is 6.55 Å². The zero-order valence-corrected chi connectivity index (χ0v) is 7.51. The van der Waals surface area contributed by atoms with Gasteiger partial charge in [0, 0.05) is 14.2 Å². The normalized spacial score (nSPS) is 11.1. The zero-order valence-electron chi connectivity index (χ0n) is 6.51. The lowest BCUT2D eigenvalue weighted by Crippen LogP contribution is -2.46. The van der Waals surface area contributed by atoms with Gasteiger partial charge in [-0.15, -0.1) is 0 Å². The summed E-state index contributed by atoms with van der Waals surface area (Å²) in [6.45, 7) is 1.88. The molecule has 0 atom stereocenters. The molecule has 1 N–H and O–H groups in total. The van der Waals surface area contributed by atoms with Crippen LogP contribution in [-0.2, 0) is 13.6 Å². The average Bonchev–Trinajstić information content (AvgIpc) is 2.00. The minimum absolute atomic E-state index is 0.490. The van der Waals surface area contributed by atoms with Gasteiger partial charge in [0.2, 0.25) is 6.41 Å². The molecule has 0 radical (unpaired) electrons. The van der Waals surface area contributed by atoms with Gasteiger partial charge in [-0.3, -0.25) is 4.79 Å². The Hall–Kier alpha value is -0.393. The molecule has 5 heteroatoms. The average molecular weight is 163 g/mol. The third-order valence-electron chi connectivity index (χ3n) is 1.37. The fourth-order valence-corrected chi connectivity index (χ4v) is 1.36. The van der Waals surface area contributed by atoms with Crippen LogP contribution in [0, 0.1) is 0 Å². The highest BCUT2D eigenvalue weighted by Crippen LogP contribution is 2.00. The summed E-state index contributed by atoms with van der Waals surface area (Å²) in [5.41, 5.74) is 0. The number of rotatable bonds is 5. The summed E-state index contributed by atoms with van der Waals surface area (Å²) in [4.78, 5) is 9.88. The molecule has 0 saturated carbocycles.